The lowest BCUT2D eigenvalue weighted by Gasteiger charge is -2.22. The zero-order valence-electron chi connectivity index (χ0n) is 15.5. The van der Waals surface area contributed by atoms with E-state index >= 15 is 0 Å². The van der Waals surface area contributed by atoms with E-state index in [0.717, 1.165) is 39.4 Å². The summed E-state index contributed by atoms with van der Waals surface area (Å²) < 4.78 is 11.5. The molecule has 1 amide bonds. The molecule has 148 valence electrons. The van der Waals surface area contributed by atoms with Crippen LogP contribution in [0.1, 0.15) is 23.2 Å². The van der Waals surface area contributed by atoms with E-state index in [9.17, 15) is 4.79 Å². The molecule has 1 saturated carbocycles. The summed E-state index contributed by atoms with van der Waals surface area (Å²) in [7, 11) is 0. The molecule has 0 radical (unpaired) electrons. The maximum absolute atomic E-state index is 13.3. The molecular formula is C22H14BrN3O3S. The molecule has 2 aromatic carbocycles. The van der Waals surface area contributed by atoms with E-state index in [1.54, 1.807) is 23.9 Å². The van der Waals surface area contributed by atoms with Crippen molar-refractivity contribution in [3.63, 3.8) is 0 Å². The maximum Gasteiger partial charge on any atom is 0.293 e. The molecule has 30 heavy (non-hydrogen) atoms. The predicted octanol–water partition coefficient (Wildman–Crippen LogP) is 6.03. The zero-order chi connectivity index (χ0) is 20.2. The number of hydrogen-bond acceptors (Lipinski definition) is 6. The van der Waals surface area contributed by atoms with Crippen molar-refractivity contribution in [2.75, 3.05) is 4.90 Å². The van der Waals surface area contributed by atoms with Crippen molar-refractivity contribution >= 4 is 39.3 Å². The number of nitrogens with zero attached hydrogens (tertiary/aromatic N) is 3. The monoisotopic (exact) mass is 479 g/mol. The molecule has 4 aromatic rings. The van der Waals surface area contributed by atoms with Crippen molar-refractivity contribution in [3.8, 4) is 23.0 Å². The van der Waals surface area contributed by atoms with Gasteiger partial charge in [0.25, 0.3) is 11.8 Å². The van der Waals surface area contributed by atoms with Gasteiger partial charge in [0.2, 0.25) is 5.82 Å². The first-order valence-electron chi connectivity index (χ1n) is 9.52. The van der Waals surface area contributed by atoms with Crippen LogP contribution >= 0.6 is 27.7 Å². The lowest BCUT2D eigenvalue weighted by molar-refractivity contribution is 0.0982. The number of amides is 1. The number of furan rings is 1. The highest BCUT2D eigenvalue weighted by Gasteiger charge is 2.38. The third kappa shape index (κ3) is 2.98. The van der Waals surface area contributed by atoms with Crippen LogP contribution in [0.15, 0.2) is 78.0 Å². The summed E-state index contributed by atoms with van der Waals surface area (Å²) in [6.07, 6.45) is 2.07. The topological polar surface area (TPSA) is 72.4 Å². The van der Waals surface area contributed by atoms with Gasteiger partial charge in [0, 0.05) is 21.4 Å². The third-order valence-electron chi connectivity index (χ3n) is 5.16. The number of carbonyl (C=O) groups is 1. The van der Waals surface area contributed by atoms with Gasteiger partial charge in [-0.2, -0.15) is 4.98 Å². The summed E-state index contributed by atoms with van der Waals surface area (Å²) in [5.74, 6) is 1.36. The van der Waals surface area contributed by atoms with Crippen LogP contribution in [0.3, 0.4) is 0 Å². The summed E-state index contributed by atoms with van der Waals surface area (Å²) in [6, 6.07) is 17.5. The van der Waals surface area contributed by atoms with Crippen LogP contribution in [0, 0.1) is 0 Å². The van der Waals surface area contributed by atoms with Gasteiger partial charge >= 0.3 is 0 Å². The van der Waals surface area contributed by atoms with E-state index in [2.05, 4.69) is 26.1 Å². The molecule has 1 aliphatic heterocycles. The molecule has 3 heterocycles. The average molecular weight is 480 g/mol. The third-order valence-corrected chi connectivity index (χ3v) is 6.70. The van der Waals surface area contributed by atoms with E-state index in [4.69, 9.17) is 8.94 Å². The average Bonchev–Trinajstić information content (AvgIpc) is 3.32. The van der Waals surface area contributed by atoms with Crippen molar-refractivity contribution < 1.29 is 13.7 Å². The Morgan fingerprint density at radius 3 is 2.73 bits per heavy atom. The fraction of sp³-hybridized carbons (Fsp3) is 0.136. The first-order valence-corrected chi connectivity index (χ1v) is 11.1. The zero-order valence-corrected chi connectivity index (χ0v) is 17.9. The standard InChI is InChI=1S/C22H14BrN3O3S/c23-19-10-9-16(28-19)21-24-20(25-29-21)12-5-8-15-18(11-12)30-17-4-2-1-3-14(17)22(27)26(15)13-6-7-13/h1-5,8-11,13H,6-7H2. The Hall–Kier alpha value is -2.84. The second kappa shape index (κ2) is 6.85. The number of aromatic nitrogens is 2. The van der Waals surface area contributed by atoms with Crippen molar-refractivity contribution in [2.24, 2.45) is 0 Å². The SMILES string of the molecule is O=C1c2ccccc2Sc2cc(-c3noc(-c4ccc(Br)o4)n3)ccc2N1C1CC1. The smallest absolute Gasteiger partial charge is 0.293 e. The number of halogens is 1. The van der Waals surface area contributed by atoms with Crippen LogP contribution in [0.2, 0.25) is 0 Å². The van der Waals surface area contributed by atoms with Gasteiger partial charge in [0.1, 0.15) is 0 Å². The summed E-state index contributed by atoms with van der Waals surface area (Å²) in [5.41, 5.74) is 2.51. The minimum absolute atomic E-state index is 0.0670. The van der Waals surface area contributed by atoms with Crippen LogP contribution in [-0.2, 0) is 0 Å². The molecule has 0 N–H and O–H groups in total. The number of fused-ring (bicyclic) bond motifs is 2. The number of hydrogen-bond donors (Lipinski definition) is 0. The van der Waals surface area contributed by atoms with Crippen molar-refractivity contribution in [1.29, 1.82) is 0 Å². The molecule has 0 atom stereocenters. The highest BCUT2D eigenvalue weighted by molar-refractivity contribution is 9.10. The molecule has 1 aliphatic carbocycles. The Labute approximate surface area is 184 Å². The first kappa shape index (κ1) is 18.0. The van der Waals surface area contributed by atoms with Crippen LogP contribution < -0.4 is 4.90 Å². The van der Waals surface area contributed by atoms with Gasteiger partial charge in [-0.1, -0.05) is 29.1 Å². The Bertz CT molecular complexity index is 1290. The highest BCUT2D eigenvalue weighted by Crippen LogP contribution is 2.46. The van der Waals surface area contributed by atoms with E-state index in [0.29, 0.717) is 22.1 Å². The van der Waals surface area contributed by atoms with Crippen LogP contribution in [0.4, 0.5) is 5.69 Å². The summed E-state index contributed by atoms with van der Waals surface area (Å²) in [6.45, 7) is 0. The van der Waals surface area contributed by atoms with Crippen molar-refractivity contribution in [2.45, 2.75) is 28.7 Å². The number of carbonyl (C=O) groups excluding carboxylic acids is 1. The second-order valence-corrected chi connectivity index (χ2v) is 9.08. The molecule has 0 saturated heterocycles. The molecule has 1 fully saturated rings. The van der Waals surface area contributed by atoms with Gasteiger partial charge in [0.05, 0.1) is 11.3 Å². The maximum atomic E-state index is 13.3. The minimum Gasteiger partial charge on any atom is -0.444 e. The van der Waals surface area contributed by atoms with E-state index in [1.807, 2.05) is 47.4 Å². The summed E-state index contributed by atoms with van der Waals surface area (Å²) in [5, 5.41) is 4.12. The number of anilines is 1. The lowest BCUT2D eigenvalue weighted by atomic mass is 10.1. The second-order valence-electron chi connectivity index (χ2n) is 7.21. The van der Waals surface area contributed by atoms with Crippen molar-refractivity contribution in [1.82, 2.24) is 10.1 Å². The van der Waals surface area contributed by atoms with Gasteiger partial charge in [0.15, 0.2) is 10.4 Å². The van der Waals surface area contributed by atoms with Crippen LogP contribution in [-0.4, -0.2) is 22.1 Å². The number of benzene rings is 2. The highest BCUT2D eigenvalue weighted by atomic mass is 79.9. The molecule has 0 unspecified atom stereocenters. The van der Waals surface area contributed by atoms with Gasteiger partial charge in [-0.15, -0.1) is 0 Å². The van der Waals surface area contributed by atoms with E-state index < -0.39 is 0 Å². The summed E-state index contributed by atoms with van der Waals surface area (Å²) >= 11 is 4.88. The molecule has 2 aliphatic rings. The van der Waals surface area contributed by atoms with Gasteiger partial charge < -0.3 is 13.8 Å². The molecule has 2 aromatic heterocycles. The van der Waals surface area contributed by atoms with E-state index in [-0.39, 0.29) is 11.9 Å². The Balaban J connectivity index is 1.43. The summed E-state index contributed by atoms with van der Waals surface area (Å²) in [4.78, 5) is 21.6. The Morgan fingerprint density at radius 2 is 1.93 bits per heavy atom. The lowest BCUT2D eigenvalue weighted by Crippen LogP contribution is -2.32. The molecule has 0 spiro atoms. The van der Waals surface area contributed by atoms with Gasteiger partial charge in [-0.3, -0.25) is 4.79 Å². The molecule has 6 rings (SSSR count). The largest absolute Gasteiger partial charge is 0.444 e. The fourth-order valence-electron chi connectivity index (χ4n) is 3.59. The van der Waals surface area contributed by atoms with Crippen molar-refractivity contribution in [3.05, 3.63) is 64.8 Å². The predicted molar refractivity (Wildman–Crippen MR) is 116 cm³/mol. The van der Waals surface area contributed by atoms with Gasteiger partial charge in [-0.05, 0) is 71.2 Å². The quantitative estimate of drug-likeness (QED) is 0.357. The van der Waals surface area contributed by atoms with Crippen LogP contribution in [0.25, 0.3) is 23.0 Å². The van der Waals surface area contributed by atoms with Crippen LogP contribution in [0.5, 0.6) is 0 Å². The van der Waals surface area contributed by atoms with E-state index in [1.165, 1.54) is 0 Å². The van der Waals surface area contributed by atoms with Gasteiger partial charge in [-0.25, -0.2) is 0 Å². The first-order chi connectivity index (χ1) is 14.7. The molecule has 6 nitrogen and oxygen atoms in total. The fourth-order valence-corrected chi connectivity index (χ4v) is 5.00. The normalized spacial score (nSPS) is 15.6. The Kier molecular flexibility index (Phi) is 4.10. The molecule has 8 heteroatoms. The number of rotatable bonds is 3. The Morgan fingerprint density at radius 1 is 1.07 bits per heavy atom. The molecular weight excluding hydrogens is 466 g/mol. The molecule has 0 bridgehead atoms. The minimum atomic E-state index is 0.0670.